The van der Waals surface area contributed by atoms with Crippen molar-refractivity contribution < 1.29 is 19.3 Å². The van der Waals surface area contributed by atoms with E-state index in [4.69, 9.17) is 9.47 Å². The van der Waals surface area contributed by atoms with E-state index in [0.29, 0.717) is 12.3 Å². The molecular weight excluding hydrogens is 473 g/mol. The second-order valence-electron chi connectivity index (χ2n) is 9.16. The van der Waals surface area contributed by atoms with Crippen molar-refractivity contribution in [2.75, 3.05) is 18.4 Å². The number of benzene rings is 2. The minimum absolute atomic E-state index is 0.133. The second-order valence-corrected chi connectivity index (χ2v) is 10.1. The standard InChI is InChI=1S/C27H30BN3O4S/c1-28(33)31-13-10-23(11-14-31)35-22-8-6-21(7-9-22)34-18-19-4-3-5-20(16-19)29-27(32)25-17-26-24(30(25)2)12-15-36-26/h3-9,12,15-17,23,33H,10-11,13-14,18H2,1-2H3,(H,29,32). The van der Waals surface area contributed by atoms with Gasteiger partial charge in [0.05, 0.1) is 10.2 Å². The molecule has 1 saturated heterocycles. The molecule has 186 valence electrons. The molecule has 2 aromatic heterocycles. The molecule has 1 aliphatic rings. The number of aromatic nitrogens is 1. The van der Waals surface area contributed by atoms with E-state index in [1.54, 1.807) is 18.2 Å². The summed E-state index contributed by atoms with van der Waals surface area (Å²) < 4.78 is 15.1. The first kappa shape index (κ1) is 24.4. The van der Waals surface area contributed by atoms with Crippen molar-refractivity contribution in [2.24, 2.45) is 7.05 Å². The van der Waals surface area contributed by atoms with Crippen molar-refractivity contribution in [1.29, 1.82) is 0 Å². The van der Waals surface area contributed by atoms with Crippen LogP contribution in [0.25, 0.3) is 10.2 Å². The number of aryl methyl sites for hydroxylation is 1. The molecule has 0 atom stereocenters. The summed E-state index contributed by atoms with van der Waals surface area (Å²) in [6.07, 6.45) is 1.97. The minimum Gasteiger partial charge on any atom is -0.490 e. The number of anilines is 1. The van der Waals surface area contributed by atoms with Crippen LogP contribution in [0.3, 0.4) is 0 Å². The number of piperidine rings is 1. The molecule has 2 N–H and O–H groups in total. The van der Waals surface area contributed by atoms with Gasteiger partial charge in [0.2, 0.25) is 0 Å². The minimum atomic E-state index is -0.402. The van der Waals surface area contributed by atoms with Crippen LogP contribution in [0, 0.1) is 0 Å². The van der Waals surface area contributed by atoms with Crippen molar-refractivity contribution in [3.05, 3.63) is 77.3 Å². The summed E-state index contributed by atoms with van der Waals surface area (Å²) in [6, 6.07) is 19.3. The molecule has 0 spiro atoms. The fraction of sp³-hybridized carbons (Fsp3) is 0.296. The zero-order valence-corrected chi connectivity index (χ0v) is 21.3. The predicted octanol–water partition coefficient (Wildman–Crippen LogP) is 5.02. The van der Waals surface area contributed by atoms with Gasteiger partial charge < -0.3 is 29.2 Å². The zero-order chi connectivity index (χ0) is 25.1. The Morgan fingerprint density at radius 1 is 1.11 bits per heavy atom. The van der Waals surface area contributed by atoms with E-state index in [2.05, 4.69) is 10.1 Å². The molecule has 1 fully saturated rings. The van der Waals surface area contributed by atoms with Crippen LogP contribution in [0.4, 0.5) is 5.69 Å². The normalized spacial score (nSPS) is 14.6. The van der Waals surface area contributed by atoms with Gasteiger partial charge in [0.25, 0.3) is 5.91 Å². The molecule has 0 aliphatic carbocycles. The smallest absolute Gasteiger partial charge is 0.376 e. The molecule has 7 nitrogen and oxygen atoms in total. The Labute approximate surface area is 215 Å². The highest BCUT2D eigenvalue weighted by Gasteiger charge is 2.24. The van der Waals surface area contributed by atoms with Gasteiger partial charge in [0, 0.05) is 12.7 Å². The van der Waals surface area contributed by atoms with Gasteiger partial charge in [-0.15, -0.1) is 11.3 Å². The summed E-state index contributed by atoms with van der Waals surface area (Å²) in [5, 5.41) is 14.7. The predicted molar refractivity (Wildman–Crippen MR) is 145 cm³/mol. The molecule has 9 heteroatoms. The summed E-state index contributed by atoms with van der Waals surface area (Å²) in [5.74, 6) is 1.44. The molecule has 1 aliphatic heterocycles. The molecule has 36 heavy (non-hydrogen) atoms. The van der Waals surface area contributed by atoms with Crippen LogP contribution in [-0.4, -0.2) is 46.6 Å². The van der Waals surface area contributed by atoms with Crippen molar-refractivity contribution in [2.45, 2.75) is 32.4 Å². The van der Waals surface area contributed by atoms with E-state index in [9.17, 15) is 9.82 Å². The molecule has 0 radical (unpaired) electrons. The van der Waals surface area contributed by atoms with Crippen molar-refractivity contribution in [1.82, 2.24) is 9.38 Å². The zero-order valence-electron chi connectivity index (χ0n) is 20.5. The van der Waals surface area contributed by atoms with Crippen LogP contribution >= 0.6 is 11.3 Å². The average Bonchev–Trinajstić information content (AvgIpc) is 3.47. The molecule has 0 unspecified atom stereocenters. The Hall–Kier alpha value is -3.27. The van der Waals surface area contributed by atoms with Crippen LogP contribution in [0.5, 0.6) is 11.5 Å². The molecule has 4 aromatic rings. The highest BCUT2D eigenvalue weighted by molar-refractivity contribution is 7.17. The maximum atomic E-state index is 12.8. The van der Waals surface area contributed by atoms with Gasteiger partial charge in [0.1, 0.15) is 29.9 Å². The van der Waals surface area contributed by atoms with Crippen LogP contribution in [0.1, 0.15) is 28.9 Å². The number of carbonyl (C=O) groups is 1. The Morgan fingerprint density at radius 3 is 2.58 bits per heavy atom. The van der Waals surface area contributed by atoms with Gasteiger partial charge in [-0.25, -0.2) is 0 Å². The largest absolute Gasteiger partial charge is 0.490 e. The SMILES string of the molecule is CB(O)N1CCC(Oc2ccc(OCc3cccc(NC(=O)c4cc5sccc5n4C)c3)cc2)CC1. The summed E-state index contributed by atoms with van der Waals surface area (Å²) in [7, 11) is 1.51. The highest BCUT2D eigenvalue weighted by atomic mass is 32.1. The van der Waals surface area contributed by atoms with E-state index in [1.807, 2.05) is 77.7 Å². The number of hydrogen-bond acceptors (Lipinski definition) is 6. The van der Waals surface area contributed by atoms with Gasteiger partial charge in [-0.2, -0.15) is 0 Å². The highest BCUT2D eigenvalue weighted by Crippen LogP contribution is 2.26. The molecule has 0 bridgehead atoms. The van der Waals surface area contributed by atoms with Crippen LogP contribution in [0.2, 0.25) is 6.82 Å². The van der Waals surface area contributed by atoms with E-state index in [0.717, 1.165) is 58.9 Å². The molecule has 0 saturated carbocycles. The summed E-state index contributed by atoms with van der Waals surface area (Å²) >= 11 is 1.63. The number of amides is 1. The molecular formula is C27H30BN3O4S. The summed E-state index contributed by atoms with van der Waals surface area (Å²) in [4.78, 5) is 14.9. The Bertz CT molecular complexity index is 1330. The van der Waals surface area contributed by atoms with E-state index < -0.39 is 7.05 Å². The molecule has 1 amide bonds. The van der Waals surface area contributed by atoms with Crippen LogP contribution in [0.15, 0.2) is 66.0 Å². The number of hydrogen-bond donors (Lipinski definition) is 2. The topological polar surface area (TPSA) is 76.0 Å². The number of nitrogens with zero attached hydrogens (tertiary/aromatic N) is 2. The second kappa shape index (κ2) is 10.8. The lowest BCUT2D eigenvalue weighted by atomic mass is 9.82. The van der Waals surface area contributed by atoms with Gasteiger partial charge in [0.15, 0.2) is 0 Å². The van der Waals surface area contributed by atoms with E-state index in [-0.39, 0.29) is 12.0 Å². The number of rotatable bonds is 8. The number of fused-ring (bicyclic) bond motifs is 1. The lowest BCUT2D eigenvalue weighted by Crippen LogP contribution is -2.45. The van der Waals surface area contributed by atoms with Crippen LogP contribution < -0.4 is 14.8 Å². The summed E-state index contributed by atoms with van der Waals surface area (Å²) in [6.45, 7) is 3.87. The van der Waals surface area contributed by atoms with Crippen LogP contribution in [-0.2, 0) is 13.7 Å². The first-order valence-corrected chi connectivity index (χ1v) is 13.1. The number of thiophene rings is 1. The Kier molecular flexibility index (Phi) is 7.32. The van der Waals surface area contributed by atoms with E-state index >= 15 is 0 Å². The van der Waals surface area contributed by atoms with Gasteiger partial charge >= 0.3 is 7.05 Å². The van der Waals surface area contributed by atoms with Gasteiger partial charge in [-0.1, -0.05) is 12.1 Å². The first-order valence-electron chi connectivity index (χ1n) is 12.2. The number of ether oxygens (including phenoxy) is 2. The molecule has 5 rings (SSSR count). The van der Waals surface area contributed by atoms with Gasteiger partial charge in [-0.3, -0.25) is 4.79 Å². The molecule has 2 aromatic carbocycles. The Balaban J connectivity index is 1.13. The van der Waals surface area contributed by atoms with Crippen molar-refractivity contribution in [3.63, 3.8) is 0 Å². The van der Waals surface area contributed by atoms with Crippen molar-refractivity contribution >= 4 is 40.2 Å². The third-order valence-corrected chi connectivity index (χ3v) is 7.47. The monoisotopic (exact) mass is 503 g/mol. The third-order valence-electron chi connectivity index (χ3n) is 6.62. The number of carbonyl (C=O) groups excluding carboxylic acids is 1. The summed E-state index contributed by atoms with van der Waals surface area (Å²) in [5.41, 5.74) is 3.39. The quantitative estimate of drug-likeness (QED) is 0.330. The fourth-order valence-corrected chi connectivity index (χ4v) is 5.39. The third kappa shape index (κ3) is 5.59. The first-order chi connectivity index (χ1) is 17.5. The van der Waals surface area contributed by atoms with Gasteiger partial charge in [-0.05, 0) is 92.2 Å². The van der Waals surface area contributed by atoms with Crippen molar-refractivity contribution in [3.8, 4) is 11.5 Å². The average molecular weight is 503 g/mol. The number of nitrogens with one attached hydrogen (secondary N) is 1. The maximum absolute atomic E-state index is 12.8. The fourth-order valence-electron chi connectivity index (χ4n) is 4.54. The van der Waals surface area contributed by atoms with E-state index in [1.165, 1.54) is 0 Å². The lowest BCUT2D eigenvalue weighted by Gasteiger charge is -2.32. The maximum Gasteiger partial charge on any atom is 0.376 e. The Morgan fingerprint density at radius 2 is 1.86 bits per heavy atom. The lowest BCUT2D eigenvalue weighted by molar-refractivity contribution is 0.101. The molecule has 3 heterocycles.